The van der Waals surface area contributed by atoms with E-state index < -0.39 is 0 Å². The number of aliphatic hydroxyl groups is 2. The van der Waals surface area contributed by atoms with Crippen molar-refractivity contribution in [3.8, 4) is 0 Å². The van der Waals surface area contributed by atoms with Crippen LogP contribution in [0.5, 0.6) is 0 Å². The van der Waals surface area contributed by atoms with Crippen LogP contribution in [0, 0.1) is 0 Å². The molecule has 0 rings (SSSR count). The second-order valence-corrected chi connectivity index (χ2v) is 2.79. The third-order valence-corrected chi connectivity index (χ3v) is 0.824. The normalized spacial score (nSPS) is 10.0. The number of hydrogen-bond donors (Lipinski definition) is 2. The van der Waals surface area contributed by atoms with E-state index in [-0.39, 0.29) is 48.0 Å². The van der Waals surface area contributed by atoms with E-state index in [2.05, 4.69) is 0 Å². The van der Waals surface area contributed by atoms with Crippen LogP contribution >= 0.6 is 0 Å². The van der Waals surface area contributed by atoms with Gasteiger partial charge in [0.1, 0.15) is 0 Å². The number of hydrogen-bond acceptors (Lipinski definition) is 4. The SMILES string of the molecule is CC(=O)C=C(C)O.CC(=O)C=C(C)O.O.[Zn]. The fourth-order valence-electron chi connectivity index (χ4n) is 0.588. The van der Waals surface area contributed by atoms with E-state index in [9.17, 15) is 9.59 Å². The van der Waals surface area contributed by atoms with Crippen LogP contribution in [0.1, 0.15) is 27.7 Å². The molecule has 0 heterocycles. The average molecular weight is 284 g/mol. The Kier molecular flexibility index (Phi) is 21.3. The molecule has 16 heavy (non-hydrogen) atoms. The van der Waals surface area contributed by atoms with Crippen LogP contribution in [0.3, 0.4) is 0 Å². The minimum Gasteiger partial charge on any atom is -0.512 e. The van der Waals surface area contributed by atoms with Gasteiger partial charge in [-0.25, -0.2) is 0 Å². The van der Waals surface area contributed by atoms with Gasteiger partial charge in [0, 0.05) is 31.6 Å². The van der Waals surface area contributed by atoms with Crippen molar-refractivity contribution in [1.29, 1.82) is 0 Å². The summed E-state index contributed by atoms with van der Waals surface area (Å²) in [7, 11) is 0. The molecule has 0 unspecified atom stereocenters. The maximum Gasteiger partial charge on any atom is 0.155 e. The predicted molar refractivity (Wildman–Crippen MR) is 57.7 cm³/mol. The zero-order valence-corrected chi connectivity index (χ0v) is 13.0. The summed E-state index contributed by atoms with van der Waals surface area (Å²) >= 11 is 0. The molecule has 0 spiro atoms. The fourth-order valence-corrected chi connectivity index (χ4v) is 0.588. The quantitative estimate of drug-likeness (QED) is 0.452. The Labute approximate surface area is 108 Å². The summed E-state index contributed by atoms with van der Waals surface area (Å²) in [5.74, 6) is -0.125. The molecular formula is C10H18O5Zn. The molecule has 0 aromatic heterocycles. The molecule has 0 atom stereocenters. The summed E-state index contributed by atoms with van der Waals surface area (Å²) in [6.07, 6.45) is 2.33. The van der Waals surface area contributed by atoms with Gasteiger partial charge in [-0.1, -0.05) is 0 Å². The monoisotopic (exact) mass is 282 g/mol. The second-order valence-electron chi connectivity index (χ2n) is 2.79. The molecule has 0 aliphatic carbocycles. The zero-order chi connectivity index (χ0) is 11.7. The van der Waals surface area contributed by atoms with Gasteiger partial charge in [-0.3, -0.25) is 9.59 Å². The summed E-state index contributed by atoms with van der Waals surface area (Å²) in [6, 6.07) is 0. The Morgan fingerprint density at radius 2 is 1.00 bits per heavy atom. The molecular weight excluding hydrogens is 265 g/mol. The minimum absolute atomic E-state index is 0. The van der Waals surface area contributed by atoms with Gasteiger partial charge in [-0.15, -0.1) is 0 Å². The number of ketones is 2. The molecule has 5 nitrogen and oxygen atoms in total. The molecule has 0 saturated heterocycles. The summed E-state index contributed by atoms with van der Waals surface area (Å²) in [4.78, 5) is 20.0. The van der Waals surface area contributed by atoms with Crippen molar-refractivity contribution in [2.75, 3.05) is 0 Å². The van der Waals surface area contributed by atoms with E-state index in [0.717, 1.165) is 0 Å². The topological polar surface area (TPSA) is 106 Å². The van der Waals surface area contributed by atoms with Gasteiger partial charge in [-0.2, -0.15) is 0 Å². The Morgan fingerprint density at radius 1 is 0.812 bits per heavy atom. The molecule has 0 aliphatic heterocycles. The zero-order valence-electron chi connectivity index (χ0n) is 10.1. The first kappa shape index (κ1) is 24.3. The van der Waals surface area contributed by atoms with Crippen molar-refractivity contribution < 1.29 is 44.8 Å². The van der Waals surface area contributed by atoms with Gasteiger partial charge in [0.25, 0.3) is 0 Å². The fraction of sp³-hybridized carbons (Fsp3) is 0.400. The molecule has 0 radical (unpaired) electrons. The minimum atomic E-state index is -0.125. The molecule has 0 amide bonds. The summed E-state index contributed by atoms with van der Waals surface area (Å²) < 4.78 is 0. The Hall–Kier alpha value is -0.997. The van der Waals surface area contributed by atoms with Crippen LogP contribution in [0.25, 0.3) is 0 Å². The van der Waals surface area contributed by atoms with Crippen molar-refractivity contribution in [3.05, 3.63) is 23.7 Å². The van der Waals surface area contributed by atoms with E-state index in [4.69, 9.17) is 10.2 Å². The number of carbonyl (C=O) groups excluding carboxylic acids is 2. The molecule has 0 aliphatic rings. The van der Waals surface area contributed by atoms with Gasteiger partial charge >= 0.3 is 0 Å². The summed E-state index contributed by atoms with van der Waals surface area (Å²) in [5, 5.41) is 16.7. The number of rotatable bonds is 2. The first-order chi connectivity index (χ1) is 6.25. The van der Waals surface area contributed by atoms with Crippen LogP contribution in [0.2, 0.25) is 0 Å². The van der Waals surface area contributed by atoms with Crippen LogP contribution in [-0.2, 0) is 29.1 Å². The number of carbonyl (C=O) groups is 2. The van der Waals surface area contributed by atoms with E-state index in [1.54, 1.807) is 0 Å². The Morgan fingerprint density at radius 3 is 1.00 bits per heavy atom. The van der Waals surface area contributed by atoms with Crippen molar-refractivity contribution in [2.24, 2.45) is 0 Å². The van der Waals surface area contributed by atoms with E-state index in [1.165, 1.54) is 39.8 Å². The first-order valence-electron chi connectivity index (χ1n) is 4.01. The second kappa shape index (κ2) is 14.0. The van der Waals surface area contributed by atoms with Gasteiger partial charge < -0.3 is 15.7 Å². The standard InChI is InChI=1S/2C5H8O2.H2O.Zn/c2*1-4(6)3-5(2)7;;/h2*3,6H,1-2H3;1H2;. The maximum atomic E-state index is 10.0. The average Bonchev–Trinajstić information content (AvgIpc) is 1.79. The van der Waals surface area contributed by atoms with Crippen molar-refractivity contribution >= 4 is 11.6 Å². The predicted octanol–water partition coefficient (Wildman–Crippen LogP) is 1.25. The third-order valence-electron chi connectivity index (χ3n) is 0.824. The van der Waals surface area contributed by atoms with Crippen LogP contribution in [-0.4, -0.2) is 27.3 Å². The molecule has 0 fully saturated rings. The molecule has 0 bridgehead atoms. The Balaban J connectivity index is -0.0000000800. The largest absolute Gasteiger partial charge is 0.512 e. The Bertz CT molecular complexity index is 232. The summed E-state index contributed by atoms with van der Waals surface area (Å²) in [6.45, 7) is 5.70. The van der Waals surface area contributed by atoms with Crippen LogP contribution in [0.15, 0.2) is 23.7 Å². The molecule has 0 saturated carbocycles. The van der Waals surface area contributed by atoms with E-state index >= 15 is 0 Å². The van der Waals surface area contributed by atoms with Gasteiger partial charge in [0.05, 0.1) is 11.5 Å². The number of aliphatic hydroxyl groups excluding tert-OH is 2. The van der Waals surface area contributed by atoms with E-state index in [0.29, 0.717) is 0 Å². The number of allylic oxidation sites excluding steroid dienone is 4. The molecule has 90 valence electrons. The molecule has 0 aromatic rings. The summed E-state index contributed by atoms with van der Waals surface area (Å²) in [5.41, 5.74) is 0. The third kappa shape index (κ3) is 38.2. The van der Waals surface area contributed by atoms with Gasteiger partial charge in [-0.05, 0) is 27.7 Å². The molecule has 0 aromatic carbocycles. The van der Waals surface area contributed by atoms with Gasteiger partial charge in [0.2, 0.25) is 0 Å². The molecule has 6 heteroatoms. The van der Waals surface area contributed by atoms with Crippen molar-refractivity contribution in [1.82, 2.24) is 0 Å². The van der Waals surface area contributed by atoms with Crippen molar-refractivity contribution in [2.45, 2.75) is 27.7 Å². The van der Waals surface area contributed by atoms with Crippen LogP contribution < -0.4 is 0 Å². The maximum absolute atomic E-state index is 10.0. The molecule has 4 N–H and O–H groups in total. The van der Waals surface area contributed by atoms with E-state index in [1.807, 2.05) is 0 Å². The van der Waals surface area contributed by atoms with Crippen LogP contribution in [0.4, 0.5) is 0 Å². The van der Waals surface area contributed by atoms with Gasteiger partial charge in [0.15, 0.2) is 11.6 Å². The van der Waals surface area contributed by atoms with Crippen molar-refractivity contribution in [3.63, 3.8) is 0 Å². The smallest absolute Gasteiger partial charge is 0.155 e. The first-order valence-corrected chi connectivity index (χ1v) is 4.01.